The van der Waals surface area contributed by atoms with E-state index in [1.54, 1.807) is 0 Å². The third-order valence-electron chi connectivity index (χ3n) is 2.19. The molecule has 17 heavy (non-hydrogen) atoms. The van der Waals surface area contributed by atoms with Gasteiger partial charge in [0.05, 0.1) is 6.61 Å². The van der Waals surface area contributed by atoms with Gasteiger partial charge in [-0.2, -0.15) is 0 Å². The monoisotopic (exact) mass is 258 g/mol. The van der Waals surface area contributed by atoms with E-state index in [-0.39, 0.29) is 18.3 Å². The summed E-state index contributed by atoms with van der Waals surface area (Å²) in [7, 11) is 0. The highest BCUT2D eigenvalue weighted by atomic mass is 35.5. The molecule has 1 amide bonds. The van der Waals surface area contributed by atoms with Crippen LogP contribution in [0.5, 0.6) is 0 Å². The van der Waals surface area contributed by atoms with Gasteiger partial charge in [-0.05, 0) is 12.5 Å². The molecule has 4 nitrogen and oxygen atoms in total. The molecular weight excluding hydrogens is 240 g/mol. The molecule has 0 saturated carbocycles. The zero-order valence-corrected chi connectivity index (χ0v) is 10.7. The fourth-order valence-electron chi connectivity index (χ4n) is 1.31. The number of ether oxygens (including phenoxy) is 1. The lowest BCUT2D eigenvalue weighted by Gasteiger charge is -2.12. The Hall–Kier alpha value is -1.10. The molecule has 0 fully saturated rings. The van der Waals surface area contributed by atoms with Crippen molar-refractivity contribution < 1.29 is 9.53 Å². The Morgan fingerprint density at radius 2 is 2.06 bits per heavy atom. The Bertz CT molecular complexity index is 320. The van der Waals surface area contributed by atoms with E-state index in [1.165, 1.54) is 0 Å². The van der Waals surface area contributed by atoms with Gasteiger partial charge in [-0.25, -0.2) is 0 Å². The van der Waals surface area contributed by atoms with Gasteiger partial charge in [0.25, 0.3) is 0 Å². The molecule has 1 atom stereocenters. The van der Waals surface area contributed by atoms with Crippen LogP contribution in [-0.2, 0) is 9.53 Å². The number of carbonyl (C=O) groups excluding carboxylic acids is 1. The Balaban J connectivity index is 0.00000256. The number of benzene rings is 1. The second kappa shape index (κ2) is 8.98. The van der Waals surface area contributed by atoms with Crippen LogP contribution in [-0.4, -0.2) is 25.7 Å². The lowest BCUT2D eigenvalue weighted by molar-refractivity contribution is -0.122. The minimum atomic E-state index is -0.608. The molecule has 1 rings (SSSR count). The van der Waals surface area contributed by atoms with Gasteiger partial charge in [0, 0.05) is 13.2 Å². The lowest BCUT2D eigenvalue weighted by Crippen LogP contribution is -2.35. The minimum absolute atomic E-state index is 0. The van der Waals surface area contributed by atoms with Crippen molar-refractivity contribution >= 4 is 18.3 Å². The minimum Gasteiger partial charge on any atom is -0.380 e. The van der Waals surface area contributed by atoms with Gasteiger partial charge < -0.3 is 15.8 Å². The van der Waals surface area contributed by atoms with Gasteiger partial charge in [0.1, 0.15) is 6.04 Å². The van der Waals surface area contributed by atoms with Crippen LogP contribution < -0.4 is 11.1 Å². The highest BCUT2D eigenvalue weighted by molar-refractivity contribution is 5.85. The summed E-state index contributed by atoms with van der Waals surface area (Å²) in [5.74, 6) is -0.175. The molecule has 96 valence electrons. The number of hydrogen-bond acceptors (Lipinski definition) is 3. The van der Waals surface area contributed by atoms with E-state index >= 15 is 0 Å². The van der Waals surface area contributed by atoms with Crippen LogP contribution in [0.3, 0.4) is 0 Å². The molecule has 0 aliphatic heterocycles. The highest BCUT2D eigenvalue weighted by Crippen LogP contribution is 2.08. The molecular formula is C12H19ClN2O2. The van der Waals surface area contributed by atoms with Crippen molar-refractivity contribution in [2.75, 3.05) is 19.8 Å². The Morgan fingerprint density at radius 3 is 2.65 bits per heavy atom. The third kappa shape index (κ3) is 5.68. The SMILES string of the molecule is CCOCCNC(=O)C(N)c1ccccc1.Cl. The third-order valence-corrected chi connectivity index (χ3v) is 2.19. The predicted octanol–water partition coefficient (Wildman–Crippen LogP) is 1.26. The number of nitrogens with one attached hydrogen (secondary N) is 1. The second-order valence-electron chi connectivity index (χ2n) is 3.38. The average Bonchev–Trinajstić information content (AvgIpc) is 2.34. The van der Waals surface area contributed by atoms with E-state index in [0.29, 0.717) is 19.8 Å². The molecule has 1 aromatic rings. The van der Waals surface area contributed by atoms with E-state index < -0.39 is 6.04 Å². The molecule has 0 aliphatic rings. The maximum atomic E-state index is 11.6. The maximum absolute atomic E-state index is 11.6. The molecule has 1 unspecified atom stereocenters. The summed E-state index contributed by atoms with van der Waals surface area (Å²) in [6.45, 7) is 3.58. The molecule has 5 heteroatoms. The summed E-state index contributed by atoms with van der Waals surface area (Å²) in [6, 6.07) is 8.69. The fraction of sp³-hybridized carbons (Fsp3) is 0.417. The molecule has 3 N–H and O–H groups in total. The number of hydrogen-bond donors (Lipinski definition) is 2. The van der Waals surface area contributed by atoms with Crippen LogP contribution in [0.4, 0.5) is 0 Å². The van der Waals surface area contributed by atoms with Crippen LogP contribution in [0.25, 0.3) is 0 Å². The zero-order valence-electron chi connectivity index (χ0n) is 9.89. The number of rotatable bonds is 6. The van der Waals surface area contributed by atoms with E-state index in [4.69, 9.17) is 10.5 Å². The first-order chi connectivity index (χ1) is 7.75. The Kier molecular flexibility index (Phi) is 8.40. The molecule has 0 heterocycles. The van der Waals surface area contributed by atoms with E-state index in [2.05, 4.69) is 5.32 Å². The molecule has 0 bridgehead atoms. The normalized spacial score (nSPS) is 11.4. The molecule has 0 spiro atoms. The quantitative estimate of drug-likeness (QED) is 0.755. The Labute approximate surface area is 108 Å². The maximum Gasteiger partial charge on any atom is 0.241 e. The van der Waals surface area contributed by atoms with Crippen molar-refractivity contribution in [3.8, 4) is 0 Å². The predicted molar refractivity (Wildman–Crippen MR) is 70.1 cm³/mol. The van der Waals surface area contributed by atoms with Crippen LogP contribution in [0.15, 0.2) is 30.3 Å². The lowest BCUT2D eigenvalue weighted by atomic mass is 10.1. The first kappa shape index (κ1) is 15.9. The average molecular weight is 259 g/mol. The van der Waals surface area contributed by atoms with Crippen LogP contribution in [0.2, 0.25) is 0 Å². The standard InChI is InChI=1S/C12H18N2O2.ClH/c1-2-16-9-8-14-12(15)11(13)10-6-4-3-5-7-10;/h3-7,11H,2,8-9,13H2,1H3,(H,14,15);1H. The molecule has 0 radical (unpaired) electrons. The zero-order chi connectivity index (χ0) is 11.8. The smallest absolute Gasteiger partial charge is 0.241 e. The van der Waals surface area contributed by atoms with Crippen LogP contribution in [0.1, 0.15) is 18.5 Å². The topological polar surface area (TPSA) is 64.3 Å². The molecule has 0 aliphatic carbocycles. The summed E-state index contributed by atoms with van der Waals surface area (Å²) >= 11 is 0. The number of nitrogens with two attached hydrogens (primary N) is 1. The fourth-order valence-corrected chi connectivity index (χ4v) is 1.31. The van der Waals surface area contributed by atoms with Gasteiger partial charge >= 0.3 is 0 Å². The largest absolute Gasteiger partial charge is 0.380 e. The van der Waals surface area contributed by atoms with Crippen molar-refractivity contribution in [1.29, 1.82) is 0 Å². The van der Waals surface area contributed by atoms with Crippen molar-refractivity contribution in [2.45, 2.75) is 13.0 Å². The van der Waals surface area contributed by atoms with Gasteiger partial charge in [-0.3, -0.25) is 4.79 Å². The van der Waals surface area contributed by atoms with Crippen molar-refractivity contribution in [3.05, 3.63) is 35.9 Å². The van der Waals surface area contributed by atoms with E-state index in [9.17, 15) is 4.79 Å². The molecule has 0 saturated heterocycles. The van der Waals surface area contributed by atoms with Crippen molar-refractivity contribution in [1.82, 2.24) is 5.32 Å². The summed E-state index contributed by atoms with van der Waals surface area (Å²) < 4.78 is 5.11. The number of carbonyl (C=O) groups is 1. The van der Waals surface area contributed by atoms with E-state index in [1.807, 2.05) is 37.3 Å². The van der Waals surface area contributed by atoms with Crippen LogP contribution in [0, 0.1) is 0 Å². The highest BCUT2D eigenvalue weighted by Gasteiger charge is 2.14. The number of halogens is 1. The molecule has 0 aromatic heterocycles. The van der Waals surface area contributed by atoms with Gasteiger partial charge in [0.2, 0.25) is 5.91 Å². The van der Waals surface area contributed by atoms with Crippen LogP contribution >= 0.6 is 12.4 Å². The summed E-state index contributed by atoms with van der Waals surface area (Å²) in [5.41, 5.74) is 6.62. The van der Waals surface area contributed by atoms with E-state index in [0.717, 1.165) is 5.56 Å². The Morgan fingerprint density at radius 1 is 1.41 bits per heavy atom. The van der Waals surface area contributed by atoms with Gasteiger partial charge in [-0.15, -0.1) is 12.4 Å². The second-order valence-corrected chi connectivity index (χ2v) is 3.38. The van der Waals surface area contributed by atoms with Crippen molar-refractivity contribution in [3.63, 3.8) is 0 Å². The van der Waals surface area contributed by atoms with Crippen molar-refractivity contribution in [2.24, 2.45) is 5.73 Å². The summed E-state index contributed by atoms with van der Waals surface area (Å²) in [6.07, 6.45) is 0. The molecule has 1 aromatic carbocycles. The van der Waals surface area contributed by atoms with Gasteiger partial charge in [0.15, 0.2) is 0 Å². The number of amides is 1. The summed E-state index contributed by atoms with van der Waals surface area (Å²) in [4.78, 5) is 11.6. The van der Waals surface area contributed by atoms with Gasteiger partial charge in [-0.1, -0.05) is 30.3 Å². The first-order valence-electron chi connectivity index (χ1n) is 5.41. The summed E-state index contributed by atoms with van der Waals surface area (Å²) in [5, 5.41) is 2.73. The first-order valence-corrected chi connectivity index (χ1v) is 5.41.